The first-order valence-electron chi connectivity index (χ1n) is 6.00. The molecule has 3 heteroatoms. The fraction of sp³-hybridized carbons (Fsp3) is 0.917. The molecule has 15 heavy (non-hydrogen) atoms. The predicted molar refractivity (Wildman–Crippen MR) is 62.7 cm³/mol. The minimum atomic E-state index is -0.00277. The van der Waals surface area contributed by atoms with E-state index in [9.17, 15) is 4.79 Å². The van der Waals surface area contributed by atoms with E-state index in [0.29, 0.717) is 12.5 Å². The van der Waals surface area contributed by atoms with Crippen molar-refractivity contribution in [3.05, 3.63) is 0 Å². The van der Waals surface area contributed by atoms with Gasteiger partial charge in [-0.2, -0.15) is 0 Å². The summed E-state index contributed by atoms with van der Waals surface area (Å²) in [5, 5.41) is 0. The Morgan fingerprint density at radius 3 is 2.47 bits per heavy atom. The Bertz CT molecular complexity index is 182. The number of hydrogen-bond acceptors (Lipinski definition) is 3. The van der Waals surface area contributed by atoms with Crippen LogP contribution in [0.3, 0.4) is 0 Å². The summed E-state index contributed by atoms with van der Waals surface area (Å²) in [5.74, 6) is 0.531. The van der Waals surface area contributed by atoms with Gasteiger partial charge in [0, 0.05) is 5.92 Å². The van der Waals surface area contributed by atoms with Crippen molar-refractivity contribution < 1.29 is 9.53 Å². The maximum absolute atomic E-state index is 11.2. The highest BCUT2D eigenvalue weighted by Crippen LogP contribution is 2.24. The standard InChI is InChI=1S/C10H19NO2.C2H6/c1-4-11(3)6-5-9-8(2)7-13-10(9)12;1-2/h8-9H,4-7H2,1-3H3;1-2H3. The van der Waals surface area contributed by atoms with E-state index in [1.165, 1.54) is 0 Å². The highest BCUT2D eigenvalue weighted by Gasteiger charge is 2.33. The van der Waals surface area contributed by atoms with Crippen molar-refractivity contribution in [3.8, 4) is 0 Å². The molecule has 1 aliphatic rings. The number of nitrogens with zero attached hydrogens (tertiary/aromatic N) is 1. The van der Waals surface area contributed by atoms with Crippen LogP contribution in [0.5, 0.6) is 0 Å². The van der Waals surface area contributed by atoms with Crippen molar-refractivity contribution in [1.82, 2.24) is 4.90 Å². The van der Waals surface area contributed by atoms with Crippen LogP contribution in [-0.2, 0) is 9.53 Å². The van der Waals surface area contributed by atoms with Crippen LogP contribution in [0.15, 0.2) is 0 Å². The molecule has 1 fully saturated rings. The molecule has 1 saturated heterocycles. The molecule has 0 saturated carbocycles. The van der Waals surface area contributed by atoms with Crippen LogP contribution in [0, 0.1) is 11.8 Å². The summed E-state index contributed by atoms with van der Waals surface area (Å²) in [5.41, 5.74) is 0. The number of rotatable bonds is 4. The molecule has 0 aromatic carbocycles. The summed E-state index contributed by atoms with van der Waals surface area (Å²) in [6.45, 7) is 10.8. The van der Waals surface area contributed by atoms with Crippen LogP contribution in [0.4, 0.5) is 0 Å². The Kier molecular flexibility index (Phi) is 7.39. The van der Waals surface area contributed by atoms with Crippen LogP contribution in [0.2, 0.25) is 0 Å². The fourth-order valence-corrected chi connectivity index (χ4v) is 1.59. The van der Waals surface area contributed by atoms with E-state index in [1.807, 2.05) is 13.8 Å². The van der Waals surface area contributed by atoms with Crippen LogP contribution in [0.1, 0.15) is 34.1 Å². The molecule has 0 aliphatic carbocycles. The van der Waals surface area contributed by atoms with Gasteiger partial charge in [0.2, 0.25) is 0 Å². The number of carbonyl (C=O) groups is 1. The molecule has 0 radical (unpaired) electrons. The average molecular weight is 215 g/mol. The molecular formula is C12H25NO2. The molecule has 1 rings (SSSR count). The number of esters is 1. The van der Waals surface area contributed by atoms with E-state index in [1.54, 1.807) is 0 Å². The van der Waals surface area contributed by atoms with Crippen molar-refractivity contribution in [3.63, 3.8) is 0 Å². The summed E-state index contributed by atoms with van der Waals surface area (Å²) in [4.78, 5) is 13.5. The van der Waals surface area contributed by atoms with Gasteiger partial charge in [-0.25, -0.2) is 0 Å². The van der Waals surface area contributed by atoms with Gasteiger partial charge < -0.3 is 9.64 Å². The molecule has 3 nitrogen and oxygen atoms in total. The topological polar surface area (TPSA) is 29.5 Å². The largest absolute Gasteiger partial charge is 0.465 e. The fourth-order valence-electron chi connectivity index (χ4n) is 1.59. The minimum Gasteiger partial charge on any atom is -0.465 e. The van der Waals surface area contributed by atoms with E-state index in [2.05, 4.69) is 25.8 Å². The molecule has 0 spiro atoms. The van der Waals surface area contributed by atoms with Crippen molar-refractivity contribution in [2.45, 2.75) is 34.1 Å². The Balaban J connectivity index is 0.000000921. The highest BCUT2D eigenvalue weighted by atomic mass is 16.5. The van der Waals surface area contributed by atoms with Gasteiger partial charge in [0.15, 0.2) is 0 Å². The smallest absolute Gasteiger partial charge is 0.309 e. The molecule has 0 N–H and O–H groups in total. The zero-order valence-electron chi connectivity index (χ0n) is 10.7. The third-order valence-corrected chi connectivity index (χ3v) is 2.84. The average Bonchev–Trinajstić information content (AvgIpc) is 2.58. The van der Waals surface area contributed by atoms with Crippen LogP contribution in [0.25, 0.3) is 0 Å². The van der Waals surface area contributed by atoms with Gasteiger partial charge in [0.25, 0.3) is 0 Å². The Hall–Kier alpha value is -0.570. The van der Waals surface area contributed by atoms with Crippen molar-refractivity contribution in [1.29, 1.82) is 0 Å². The van der Waals surface area contributed by atoms with Crippen LogP contribution >= 0.6 is 0 Å². The Labute approximate surface area is 93.8 Å². The van der Waals surface area contributed by atoms with E-state index < -0.39 is 0 Å². The summed E-state index contributed by atoms with van der Waals surface area (Å²) >= 11 is 0. The zero-order chi connectivity index (χ0) is 11.8. The molecule has 2 atom stereocenters. The van der Waals surface area contributed by atoms with Gasteiger partial charge in [-0.1, -0.05) is 27.7 Å². The van der Waals surface area contributed by atoms with E-state index in [0.717, 1.165) is 19.5 Å². The molecule has 2 unspecified atom stereocenters. The van der Waals surface area contributed by atoms with Crippen molar-refractivity contribution in [2.24, 2.45) is 11.8 Å². The highest BCUT2D eigenvalue weighted by molar-refractivity contribution is 5.74. The number of hydrogen-bond donors (Lipinski definition) is 0. The molecule has 90 valence electrons. The lowest BCUT2D eigenvalue weighted by molar-refractivity contribution is -0.141. The lowest BCUT2D eigenvalue weighted by Gasteiger charge is -2.16. The summed E-state index contributed by atoms with van der Waals surface area (Å²) in [7, 11) is 2.07. The molecule has 0 aromatic rings. The van der Waals surface area contributed by atoms with Gasteiger partial charge in [0.1, 0.15) is 0 Å². The molecule has 1 heterocycles. The molecular weight excluding hydrogens is 190 g/mol. The van der Waals surface area contributed by atoms with Gasteiger partial charge in [0.05, 0.1) is 12.5 Å². The van der Waals surface area contributed by atoms with Crippen LogP contribution < -0.4 is 0 Å². The second-order valence-electron chi connectivity index (χ2n) is 3.90. The van der Waals surface area contributed by atoms with Crippen molar-refractivity contribution in [2.75, 3.05) is 26.7 Å². The summed E-state index contributed by atoms with van der Waals surface area (Å²) in [6, 6.07) is 0. The van der Waals surface area contributed by atoms with Gasteiger partial charge in [-0.05, 0) is 26.6 Å². The van der Waals surface area contributed by atoms with Gasteiger partial charge in [-0.3, -0.25) is 4.79 Å². The monoisotopic (exact) mass is 215 g/mol. The second-order valence-corrected chi connectivity index (χ2v) is 3.90. The maximum atomic E-state index is 11.2. The quantitative estimate of drug-likeness (QED) is 0.673. The SMILES string of the molecule is CC.CCN(C)CCC1C(=O)OCC1C. The minimum absolute atomic E-state index is 0.00277. The third-order valence-electron chi connectivity index (χ3n) is 2.84. The van der Waals surface area contributed by atoms with Crippen molar-refractivity contribution >= 4 is 5.97 Å². The number of carbonyl (C=O) groups excluding carboxylic acids is 1. The zero-order valence-corrected chi connectivity index (χ0v) is 10.7. The molecule has 0 bridgehead atoms. The molecule has 0 amide bonds. The first-order chi connectivity index (χ1) is 7.15. The molecule has 0 aromatic heterocycles. The predicted octanol–water partition coefficient (Wildman–Crippen LogP) is 2.16. The summed E-state index contributed by atoms with van der Waals surface area (Å²) < 4.78 is 4.99. The lowest BCUT2D eigenvalue weighted by atomic mass is 9.94. The number of cyclic esters (lactones) is 1. The second kappa shape index (κ2) is 7.69. The molecule has 1 aliphatic heterocycles. The summed E-state index contributed by atoms with van der Waals surface area (Å²) in [6.07, 6.45) is 0.935. The number of ether oxygens (including phenoxy) is 1. The van der Waals surface area contributed by atoms with E-state index >= 15 is 0 Å². The van der Waals surface area contributed by atoms with Crippen LogP contribution in [-0.4, -0.2) is 37.6 Å². The normalized spacial score (nSPS) is 24.8. The maximum Gasteiger partial charge on any atom is 0.309 e. The van der Waals surface area contributed by atoms with Gasteiger partial charge in [-0.15, -0.1) is 0 Å². The lowest BCUT2D eigenvalue weighted by Crippen LogP contribution is -2.24. The van der Waals surface area contributed by atoms with E-state index in [-0.39, 0.29) is 11.9 Å². The Morgan fingerprint density at radius 1 is 1.47 bits per heavy atom. The van der Waals surface area contributed by atoms with Gasteiger partial charge >= 0.3 is 5.97 Å². The third kappa shape index (κ3) is 4.65. The first kappa shape index (κ1) is 14.4. The Morgan fingerprint density at radius 2 is 2.07 bits per heavy atom. The first-order valence-corrected chi connectivity index (χ1v) is 6.00. The van der Waals surface area contributed by atoms with E-state index in [4.69, 9.17) is 4.74 Å².